The summed E-state index contributed by atoms with van der Waals surface area (Å²) in [7, 11) is 0. The summed E-state index contributed by atoms with van der Waals surface area (Å²) in [6.07, 6.45) is 3.27. The first-order valence-corrected chi connectivity index (χ1v) is 7.04. The molecule has 1 aromatic rings. The fraction of sp³-hybridized carbons (Fsp3) is 0.385. The van der Waals surface area contributed by atoms with Crippen LogP contribution in [0, 0.1) is 0 Å². The Bertz CT molecular complexity index is 458. The number of carboxylic acid groups (broad SMARTS) is 1. The third kappa shape index (κ3) is 2.51. The van der Waals surface area contributed by atoms with Crippen LogP contribution in [0.5, 0.6) is 0 Å². The highest BCUT2D eigenvalue weighted by Crippen LogP contribution is 2.21. The smallest absolute Gasteiger partial charge is 0.326 e. The quantitative estimate of drug-likeness (QED) is 0.850. The van der Waals surface area contributed by atoms with Crippen molar-refractivity contribution in [2.45, 2.75) is 23.8 Å². The van der Waals surface area contributed by atoms with Crippen LogP contribution in [-0.2, 0) is 4.79 Å². The van der Waals surface area contributed by atoms with E-state index in [1.165, 1.54) is 4.90 Å². The highest BCUT2D eigenvalue weighted by atomic mass is 32.2. The molecule has 18 heavy (non-hydrogen) atoms. The maximum atomic E-state index is 12.2. The largest absolute Gasteiger partial charge is 0.480 e. The van der Waals surface area contributed by atoms with E-state index in [0.29, 0.717) is 18.5 Å². The standard InChI is InChI=1S/C13H15NO3S/c1-18-10-6-4-9(5-7-10)12(15)14-8-2-3-11(14)13(16)17/h4-7,11H,2-3,8H2,1H3,(H,16,17)/t11-/m1/s1. The van der Waals surface area contributed by atoms with Crippen LogP contribution in [0.4, 0.5) is 0 Å². The van der Waals surface area contributed by atoms with Gasteiger partial charge >= 0.3 is 5.97 Å². The van der Waals surface area contributed by atoms with Crippen molar-refractivity contribution in [1.29, 1.82) is 0 Å². The highest BCUT2D eigenvalue weighted by Gasteiger charge is 2.34. The van der Waals surface area contributed by atoms with E-state index >= 15 is 0 Å². The van der Waals surface area contributed by atoms with Crippen molar-refractivity contribution >= 4 is 23.6 Å². The summed E-state index contributed by atoms with van der Waals surface area (Å²) in [6, 6.07) is 6.60. The molecular formula is C13H15NO3S. The number of benzene rings is 1. The molecule has 5 heteroatoms. The van der Waals surface area contributed by atoms with Gasteiger partial charge in [-0.1, -0.05) is 0 Å². The zero-order valence-electron chi connectivity index (χ0n) is 10.1. The summed E-state index contributed by atoms with van der Waals surface area (Å²) < 4.78 is 0. The maximum Gasteiger partial charge on any atom is 0.326 e. The number of carbonyl (C=O) groups excluding carboxylic acids is 1. The Morgan fingerprint density at radius 3 is 2.56 bits per heavy atom. The Morgan fingerprint density at radius 2 is 2.00 bits per heavy atom. The van der Waals surface area contributed by atoms with Gasteiger partial charge in [0.05, 0.1) is 0 Å². The summed E-state index contributed by atoms with van der Waals surface area (Å²) in [4.78, 5) is 25.8. The number of likely N-dealkylation sites (tertiary alicyclic amines) is 1. The monoisotopic (exact) mass is 265 g/mol. The third-order valence-corrected chi connectivity index (χ3v) is 3.88. The minimum Gasteiger partial charge on any atom is -0.480 e. The predicted molar refractivity (Wildman–Crippen MR) is 69.9 cm³/mol. The Labute approximate surface area is 110 Å². The molecule has 1 atom stereocenters. The summed E-state index contributed by atoms with van der Waals surface area (Å²) >= 11 is 1.61. The number of nitrogens with zero attached hydrogens (tertiary/aromatic N) is 1. The van der Waals surface area contributed by atoms with E-state index in [1.807, 2.05) is 18.4 Å². The molecule has 1 heterocycles. The summed E-state index contributed by atoms with van der Waals surface area (Å²) in [5.41, 5.74) is 0.556. The molecule has 0 aliphatic carbocycles. The van der Waals surface area contributed by atoms with Gasteiger partial charge in [0.1, 0.15) is 6.04 Å². The average Bonchev–Trinajstić information content (AvgIpc) is 2.87. The van der Waals surface area contributed by atoms with E-state index in [9.17, 15) is 9.59 Å². The molecule has 0 spiro atoms. The molecule has 0 unspecified atom stereocenters. The van der Waals surface area contributed by atoms with Crippen molar-refractivity contribution in [3.8, 4) is 0 Å². The lowest BCUT2D eigenvalue weighted by Gasteiger charge is -2.21. The number of hydrogen-bond acceptors (Lipinski definition) is 3. The van der Waals surface area contributed by atoms with Crippen molar-refractivity contribution in [3.05, 3.63) is 29.8 Å². The first kappa shape index (κ1) is 13.0. The van der Waals surface area contributed by atoms with E-state index in [-0.39, 0.29) is 5.91 Å². The van der Waals surface area contributed by atoms with E-state index in [4.69, 9.17) is 5.11 Å². The number of rotatable bonds is 3. The van der Waals surface area contributed by atoms with Gasteiger partial charge in [0, 0.05) is 17.0 Å². The average molecular weight is 265 g/mol. The van der Waals surface area contributed by atoms with Crippen molar-refractivity contribution in [2.75, 3.05) is 12.8 Å². The number of amides is 1. The van der Waals surface area contributed by atoms with Crippen molar-refractivity contribution in [2.24, 2.45) is 0 Å². The lowest BCUT2D eigenvalue weighted by molar-refractivity contribution is -0.141. The van der Waals surface area contributed by atoms with Gasteiger partial charge in [-0.25, -0.2) is 4.79 Å². The van der Waals surface area contributed by atoms with Gasteiger partial charge in [-0.15, -0.1) is 11.8 Å². The number of aliphatic carboxylic acids is 1. The fourth-order valence-corrected chi connectivity index (χ4v) is 2.57. The van der Waals surface area contributed by atoms with Crippen LogP contribution in [-0.4, -0.2) is 40.7 Å². The van der Waals surface area contributed by atoms with Gasteiger partial charge in [-0.2, -0.15) is 0 Å². The molecule has 1 aromatic carbocycles. The lowest BCUT2D eigenvalue weighted by atomic mass is 10.1. The SMILES string of the molecule is CSc1ccc(C(=O)N2CCC[C@@H]2C(=O)O)cc1. The maximum absolute atomic E-state index is 12.2. The first-order valence-electron chi connectivity index (χ1n) is 5.81. The number of carboxylic acids is 1. The Kier molecular flexibility index (Phi) is 3.91. The molecule has 0 radical (unpaired) electrons. The highest BCUT2D eigenvalue weighted by molar-refractivity contribution is 7.98. The van der Waals surface area contributed by atoms with Gasteiger partial charge in [-0.3, -0.25) is 4.79 Å². The van der Waals surface area contributed by atoms with E-state index in [0.717, 1.165) is 11.3 Å². The summed E-state index contributed by atoms with van der Waals surface area (Å²) in [5, 5.41) is 9.06. The van der Waals surface area contributed by atoms with E-state index < -0.39 is 12.0 Å². The van der Waals surface area contributed by atoms with Crippen LogP contribution >= 0.6 is 11.8 Å². The molecule has 1 amide bonds. The normalized spacial score (nSPS) is 18.9. The topological polar surface area (TPSA) is 57.6 Å². The molecule has 0 aromatic heterocycles. The molecule has 1 saturated heterocycles. The lowest BCUT2D eigenvalue weighted by Crippen LogP contribution is -2.40. The number of carbonyl (C=O) groups is 2. The molecule has 1 fully saturated rings. The molecule has 96 valence electrons. The van der Waals surface area contributed by atoms with Gasteiger partial charge < -0.3 is 10.0 Å². The minimum atomic E-state index is -0.915. The van der Waals surface area contributed by atoms with Crippen LogP contribution < -0.4 is 0 Å². The van der Waals surface area contributed by atoms with Crippen molar-refractivity contribution < 1.29 is 14.7 Å². The molecule has 0 saturated carbocycles. The minimum absolute atomic E-state index is 0.187. The molecule has 2 rings (SSSR count). The molecule has 0 bridgehead atoms. The molecular weight excluding hydrogens is 250 g/mol. The first-order chi connectivity index (χ1) is 8.63. The Morgan fingerprint density at radius 1 is 1.33 bits per heavy atom. The third-order valence-electron chi connectivity index (χ3n) is 3.14. The fourth-order valence-electron chi connectivity index (χ4n) is 2.17. The van der Waals surface area contributed by atoms with Gasteiger partial charge in [-0.05, 0) is 43.4 Å². The molecule has 4 nitrogen and oxygen atoms in total. The van der Waals surface area contributed by atoms with E-state index in [1.54, 1.807) is 23.9 Å². The second kappa shape index (κ2) is 5.44. The van der Waals surface area contributed by atoms with Crippen LogP contribution in [0.3, 0.4) is 0 Å². The van der Waals surface area contributed by atoms with Gasteiger partial charge in [0.25, 0.3) is 5.91 Å². The van der Waals surface area contributed by atoms with Crippen molar-refractivity contribution in [1.82, 2.24) is 4.90 Å². The Balaban J connectivity index is 2.17. The summed E-state index contributed by atoms with van der Waals surface area (Å²) in [5.74, 6) is -1.10. The van der Waals surface area contributed by atoms with Gasteiger partial charge in [0.15, 0.2) is 0 Å². The predicted octanol–water partition coefficient (Wildman–Crippen LogP) is 2.10. The van der Waals surface area contributed by atoms with Crippen LogP contribution in [0.15, 0.2) is 29.2 Å². The zero-order valence-corrected chi connectivity index (χ0v) is 10.9. The van der Waals surface area contributed by atoms with Crippen molar-refractivity contribution in [3.63, 3.8) is 0 Å². The molecule has 1 aliphatic heterocycles. The zero-order chi connectivity index (χ0) is 13.1. The van der Waals surface area contributed by atoms with Crippen LogP contribution in [0.1, 0.15) is 23.2 Å². The van der Waals surface area contributed by atoms with Gasteiger partial charge in [0.2, 0.25) is 0 Å². The molecule has 1 aliphatic rings. The van der Waals surface area contributed by atoms with Crippen LogP contribution in [0.25, 0.3) is 0 Å². The number of thioether (sulfide) groups is 1. The Hall–Kier alpha value is -1.49. The van der Waals surface area contributed by atoms with E-state index in [2.05, 4.69) is 0 Å². The van der Waals surface area contributed by atoms with Crippen LogP contribution in [0.2, 0.25) is 0 Å². The second-order valence-electron chi connectivity index (χ2n) is 4.22. The molecule has 1 N–H and O–H groups in total. The number of hydrogen-bond donors (Lipinski definition) is 1. The summed E-state index contributed by atoms with van der Waals surface area (Å²) in [6.45, 7) is 0.528. The second-order valence-corrected chi connectivity index (χ2v) is 5.10.